The lowest BCUT2D eigenvalue weighted by molar-refractivity contribution is -0.117. The van der Waals surface area contributed by atoms with Gasteiger partial charge in [0.05, 0.1) is 23.1 Å². The van der Waals surface area contributed by atoms with Gasteiger partial charge in [0.15, 0.2) is 0 Å². The van der Waals surface area contributed by atoms with Crippen molar-refractivity contribution >= 4 is 11.7 Å². The van der Waals surface area contributed by atoms with Gasteiger partial charge < -0.3 is 19.7 Å². The molecule has 1 fully saturated rings. The molecule has 1 aliphatic heterocycles. The molecule has 5 rings (SSSR count). The van der Waals surface area contributed by atoms with Crippen LogP contribution in [0.4, 0.5) is 4.39 Å². The van der Waals surface area contributed by atoms with Gasteiger partial charge in [0, 0.05) is 44.4 Å². The van der Waals surface area contributed by atoms with Crippen LogP contribution in [0.3, 0.4) is 0 Å². The van der Waals surface area contributed by atoms with Gasteiger partial charge in [-0.2, -0.15) is 0 Å². The summed E-state index contributed by atoms with van der Waals surface area (Å²) in [5.41, 5.74) is 3.96. The van der Waals surface area contributed by atoms with Crippen molar-refractivity contribution in [1.82, 2.24) is 14.9 Å². The largest absolute Gasteiger partial charge is 0.457 e. The molecule has 8 heteroatoms. The lowest BCUT2D eigenvalue weighted by atomic mass is 10.0. The Morgan fingerprint density at radius 3 is 2.62 bits per heavy atom. The van der Waals surface area contributed by atoms with E-state index in [0.29, 0.717) is 53.5 Å². The van der Waals surface area contributed by atoms with Gasteiger partial charge in [0.25, 0.3) is 5.91 Å². The number of aromatic nitrogens is 2. The molecule has 2 N–H and O–H groups in total. The third kappa shape index (κ3) is 6.78. The number of halogens is 1. The summed E-state index contributed by atoms with van der Waals surface area (Å²) in [6.07, 6.45) is 3.65. The van der Waals surface area contributed by atoms with Crippen LogP contribution in [0, 0.1) is 12.7 Å². The standard InChI is InChI=1S/C30H28FN3O4.CH4/c1-19-2-7-27(31)21(12-19)14-24(36)13-20-3-5-25(6-4-20)38-26-8-10-32-29(16-26)28-15-22(17-33-28)30(37)34-11-9-23(35)18-34;/h2-8,10,12,15-17,23,33,35H,9,11,13-14,18H2,1H3;1H4/t23-;/m1./s1. The molecule has 1 aliphatic rings. The molecule has 4 aromatic rings. The van der Waals surface area contributed by atoms with Gasteiger partial charge in [-0.15, -0.1) is 0 Å². The first-order chi connectivity index (χ1) is 18.3. The summed E-state index contributed by atoms with van der Waals surface area (Å²) in [4.78, 5) is 34.3. The molecule has 0 saturated carbocycles. The molecule has 0 aliphatic carbocycles. The van der Waals surface area contributed by atoms with Gasteiger partial charge in [-0.25, -0.2) is 4.39 Å². The van der Waals surface area contributed by atoms with E-state index >= 15 is 0 Å². The van der Waals surface area contributed by atoms with Crippen molar-refractivity contribution in [1.29, 1.82) is 0 Å². The van der Waals surface area contributed by atoms with Crippen LogP contribution < -0.4 is 4.74 Å². The first-order valence-corrected chi connectivity index (χ1v) is 12.5. The number of nitrogens with zero attached hydrogens (tertiary/aromatic N) is 2. The van der Waals surface area contributed by atoms with Crippen molar-refractivity contribution in [2.24, 2.45) is 0 Å². The van der Waals surface area contributed by atoms with E-state index in [9.17, 15) is 19.1 Å². The summed E-state index contributed by atoms with van der Waals surface area (Å²) in [7, 11) is 0. The second-order valence-corrected chi connectivity index (χ2v) is 9.61. The number of pyridine rings is 1. The number of Topliss-reactive ketones (excluding diaryl/α,β-unsaturated/α-hetero) is 1. The summed E-state index contributed by atoms with van der Waals surface area (Å²) >= 11 is 0. The first kappa shape index (κ1) is 27.7. The average molecular weight is 530 g/mol. The lowest BCUT2D eigenvalue weighted by Crippen LogP contribution is -2.29. The number of hydrogen-bond donors (Lipinski definition) is 2. The number of benzene rings is 2. The summed E-state index contributed by atoms with van der Waals surface area (Å²) < 4.78 is 20.0. The van der Waals surface area contributed by atoms with Crippen molar-refractivity contribution in [2.45, 2.75) is 39.7 Å². The fourth-order valence-corrected chi connectivity index (χ4v) is 4.55. The van der Waals surface area contributed by atoms with Crippen molar-refractivity contribution in [3.63, 3.8) is 0 Å². The zero-order valence-corrected chi connectivity index (χ0v) is 21.0. The van der Waals surface area contributed by atoms with Gasteiger partial charge in [-0.3, -0.25) is 14.6 Å². The minimum absolute atomic E-state index is 0. The lowest BCUT2D eigenvalue weighted by Gasteiger charge is -2.13. The highest BCUT2D eigenvalue weighted by molar-refractivity contribution is 5.95. The number of ether oxygens (including phenoxy) is 1. The zero-order valence-electron chi connectivity index (χ0n) is 21.0. The molecule has 1 atom stereocenters. The number of β-amino-alcohol motifs (C(OH)–C–C–N with tert-alkyl or cyclic N) is 1. The number of ketones is 1. The Kier molecular flexibility index (Phi) is 8.56. The maximum atomic E-state index is 14.0. The molecule has 3 heterocycles. The van der Waals surface area contributed by atoms with Crippen LogP contribution in [0.2, 0.25) is 0 Å². The molecule has 1 amide bonds. The molecule has 0 radical (unpaired) electrons. The van der Waals surface area contributed by atoms with Crippen molar-refractivity contribution in [2.75, 3.05) is 13.1 Å². The number of amides is 1. The fraction of sp³-hybridized carbons (Fsp3) is 0.258. The fourth-order valence-electron chi connectivity index (χ4n) is 4.55. The molecular formula is C31H32FN3O4. The Balaban J connectivity index is 0.00000353. The number of aryl methyl sites for hydroxylation is 1. The van der Waals surface area contributed by atoms with Crippen LogP contribution in [0.1, 0.15) is 40.9 Å². The molecule has 2 aromatic carbocycles. The monoisotopic (exact) mass is 529 g/mol. The number of hydrogen-bond acceptors (Lipinski definition) is 5. The SMILES string of the molecule is C.Cc1ccc(F)c(CC(=O)Cc2ccc(Oc3ccnc(-c4cc(C(=O)N5CC[C@@H](O)C5)c[nH]4)c3)cc2)c1. The van der Waals surface area contributed by atoms with E-state index in [0.717, 1.165) is 11.1 Å². The number of carbonyl (C=O) groups excluding carboxylic acids is 2. The number of aliphatic hydroxyl groups excluding tert-OH is 1. The van der Waals surface area contributed by atoms with E-state index in [-0.39, 0.29) is 37.8 Å². The van der Waals surface area contributed by atoms with Crippen LogP contribution in [-0.4, -0.2) is 50.9 Å². The second kappa shape index (κ2) is 12.0. The molecule has 1 saturated heterocycles. The number of aliphatic hydroxyl groups is 1. The van der Waals surface area contributed by atoms with Gasteiger partial charge in [-0.05, 0) is 54.8 Å². The third-order valence-electron chi connectivity index (χ3n) is 6.54. The molecule has 0 spiro atoms. The highest BCUT2D eigenvalue weighted by atomic mass is 19.1. The summed E-state index contributed by atoms with van der Waals surface area (Å²) in [6, 6.07) is 17.2. The van der Waals surface area contributed by atoms with E-state index in [1.807, 2.05) is 19.1 Å². The van der Waals surface area contributed by atoms with E-state index in [1.165, 1.54) is 6.07 Å². The first-order valence-electron chi connectivity index (χ1n) is 12.5. The topological polar surface area (TPSA) is 95.5 Å². The zero-order chi connectivity index (χ0) is 26.6. The van der Waals surface area contributed by atoms with Crippen LogP contribution in [0.25, 0.3) is 11.4 Å². The molecule has 7 nitrogen and oxygen atoms in total. The van der Waals surface area contributed by atoms with Crippen molar-refractivity contribution < 1.29 is 23.8 Å². The number of likely N-dealkylation sites (tertiary alicyclic amines) is 1. The Hall–Kier alpha value is -4.30. The molecule has 39 heavy (non-hydrogen) atoms. The van der Waals surface area contributed by atoms with Crippen molar-refractivity contribution in [3.8, 4) is 22.9 Å². The second-order valence-electron chi connectivity index (χ2n) is 9.61. The number of nitrogens with one attached hydrogen (secondary N) is 1. The molecular weight excluding hydrogens is 497 g/mol. The normalized spacial score (nSPS) is 14.6. The van der Waals surface area contributed by atoms with E-state index in [4.69, 9.17) is 4.74 Å². The number of carbonyl (C=O) groups is 2. The Morgan fingerprint density at radius 1 is 1.08 bits per heavy atom. The predicted octanol–water partition coefficient (Wildman–Crippen LogP) is 5.51. The minimum atomic E-state index is -0.467. The van der Waals surface area contributed by atoms with E-state index in [1.54, 1.807) is 59.8 Å². The highest BCUT2D eigenvalue weighted by Gasteiger charge is 2.26. The highest BCUT2D eigenvalue weighted by Crippen LogP contribution is 2.27. The van der Waals surface area contributed by atoms with E-state index in [2.05, 4.69) is 9.97 Å². The number of H-pyrrole nitrogens is 1. The number of aromatic amines is 1. The van der Waals surface area contributed by atoms with E-state index < -0.39 is 6.10 Å². The molecule has 0 bridgehead atoms. The Labute approximate surface area is 227 Å². The van der Waals surface area contributed by atoms with Gasteiger partial charge in [0.2, 0.25) is 0 Å². The van der Waals surface area contributed by atoms with Gasteiger partial charge in [-0.1, -0.05) is 37.3 Å². The maximum absolute atomic E-state index is 14.0. The van der Waals surface area contributed by atoms with Crippen LogP contribution in [0.5, 0.6) is 11.5 Å². The van der Waals surface area contributed by atoms with Crippen LogP contribution >= 0.6 is 0 Å². The summed E-state index contributed by atoms with van der Waals surface area (Å²) in [6.45, 7) is 2.76. The maximum Gasteiger partial charge on any atom is 0.255 e. The predicted molar refractivity (Wildman–Crippen MR) is 147 cm³/mol. The van der Waals surface area contributed by atoms with Gasteiger partial charge >= 0.3 is 0 Å². The smallest absolute Gasteiger partial charge is 0.255 e. The van der Waals surface area contributed by atoms with Crippen LogP contribution in [-0.2, 0) is 17.6 Å². The molecule has 2 aromatic heterocycles. The van der Waals surface area contributed by atoms with Gasteiger partial charge in [0.1, 0.15) is 23.1 Å². The van der Waals surface area contributed by atoms with Crippen molar-refractivity contribution in [3.05, 3.63) is 101 Å². The third-order valence-corrected chi connectivity index (χ3v) is 6.54. The molecule has 202 valence electrons. The Morgan fingerprint density at radius 2 is 1.87 bits per heavy atom. The molecule has 0 unspecified atom stereocenters. The average Bonchev–Trinajstić information content (AvgIpc) is 3.57. The minimum Gasteiger partial charge on any atom is -0.457 e. The quantitative estimate of drug-likeness (QED) is 0.314. The number of rotatable bonds is 8. The van der Waals surface area contributed by atoms with Crippen LogP contribution in [0.15, 0.2) is 73.1 Å². The Bertz CT molecular complexity index is 1460. The summed E-state index contributed by atoms with van der Waals surface area (Å²) in [5.74, 6) is 0.612. The summed E-state index contributed by atoms with van der Waals surface area (Å²) in [5, 5.41) is 9.70.